The number of hydrogen-bond acceptors (Lipinski definition) is 6. The molecule has 6 nitrogen and oxygen atoms in total. The van der Waals surface area contributed by atoms with Gasteiger partial charge in [0.2, 0.25) is 0 Å². The van der Waals surface area contributed by atoms with Crippen LogP contribution in [-0.4, -0.2) is 51.1 Å². The molecule has 0 bridgehead atoms. The first-order valence-electron chi connectivity index (χ1n) is 15.0. The molecule has 0 saturated carbocycles. The van der Waals surface area contributed by atoms with E-state index >= 15 is 0 Å². The first kappa shape index (κ1) is 28.8. The summed E-state index contributed by atoms with van der Waals surface area (Å²) < 4.78 is 22.2. The van der Waals surface area contributed by atoms with Crippen molar-refractivity contribution in [3.8, 4) is 11.5 Å². The Balaban J connectivity index is 1.07. The molecule has 2 heterocycles. The zero-order chi connectivity index (χ0) is 29.6. The molecule has 2 aliphatic heterocycles. The van der Waals surface area contributed by atoms with Crippen LogP contribution in [0, 0.1) is 0 Å². The van der Waals surface area contributed by atoms with Gasteiger partial charge >= 0.3 is 0 Å². The van der Waals surface area contributed by atoms with E-state index in [0.29, 0.717) is 13.2 Å². The largest absolute Gasteiger partial charge is 0.491 e. The van der Waals surface area contributed by atoms with Gasteiger partial charge in [-0.1, -0.05) is 57.2 Å². The van der Waals surface area contributed by atoms with Crippen molar-refractivity contribution in [3.05, 3.63) is 119 Å². The van der Waals surface area contributed by atoms with Gasteiger partial charge in [-0.05, 0) is 88.8 Å². The summed E-state index contributed by atoms with van der Waals surface area (Å²) in [5.41, 5.74) is 7.35. The number of aliphatic imine (C=N–C) groups is 2. The van der Waals surface area contributed by atoms with E-state index in [0.717, 1.165) is 53.6 Å². The van der Waals surface area contributed by atoms with Crippen LogP contribution in [0.1, 0.15) is 48.6 Å². The maximum Gasteiger partial charge on any atom is 0.122 e. The third-order valence-corrected chi connectivity index (χ3v) is 7.89. The van der Waals surface area contributed by atoms with E-state index in [1.165, 1.54) is 16.7 Å². The van der Waals surface area contributed by atoms with Gasteiger partial charge in [-0.15, -0.1) is 0 Å². The second-order valence-electron chi connectivity index (χ2n) is 11.6. The zero-order valence-electron chi connectivity index (χ0n) is 25.0. The predicted octanol–water partition coefficient (Wildman–Crippen LogP) is 7.63. The highest BCUT2D eigenvalue weighted by atomic mass is 16.6. The van der Waals surface area contributed by atoms with Crippen molar-refractivity contribution < 1.29 is 18.9 Å². The minimum atomic E-state index is -0.168. The topological polar surface area (TPSA) is 68.2 Å². The summed E-state index contributed by atoms with van der Waals surface area (Å²) in [4.78, 5) is 9.41. The molecule has 4 aromatic carbocycles. The second-order valence-corrected chi connectivity index (χ2v) is 11.6. The molecule has 0 radical (unpaired) electrons. The fourth-order valence-corrected chi connectivity index (χ4v) is 4.87. The fourth-order valence-electron chi connectivity index (χ4n) is 4.87. The summed E-state index contributed by atoms with van der Waals surface area (Å²) in [7, 11) is 0. The molecule has 0 spiro atoms. The molecule has 4 aromatic rings. The van der Waals surface area contributed by atoms with Gasteiger partial charge in [-0.3, -0.25) is 9.98 Å². The molecule has 2 fully saturated rings. The molecular formula is C37H38N2O4. The number of epoxide rings is 2. The van der Waals surface area contributed by atoms with Crippen molar-refractivity contribution in [3.63, 3.8) is 0 Å². The Bertz CT molecular complexity index is 1580. The monoisotopic (exact) mass is 574 g/mol. The number of benzene rings is 4. The van der Waals surface area contributed by atoms with E-state index in [1.807, 2.05) is 48.8 Å². The Labute approximate surface area is 254 Å². The van der Waals surface area contributed by atoms with Crippen LogP contribution in [0.3, 0.4) is 0 Å². The average molecular weight is 575 g/mol. The van der Waals surface area contributed by atoms with Crippen molar-refractivity contribution in [2.75, 3.05) is 26.4 Å². The van der Waals surface area contributed by atoms with Gasteiger partial charge in [0.25, 0.3) is 0 Å². The molecule has 0 N–H and O–H groups in total. The lowest BCUT2D eigenvalue weighted by Gasteiger charge is -2.26. The summed E-state index contributed by atoms with van der Waals surface area (Å²) in [6.07, 6.45) is 5.18. The smallest absolute Gasteiger partial charge is 0.122 e. The molecule has 2 saturated heterocycles. The van der Waals surface area contributed by atoms with E-state index in [-0.39, 0.29) is 17.6 Å². The summed E-state index contributed by atoms with van der Waals surface area (Å²) in [5, 5.41) is 0. The lowest BCUT2D eigenvalue weighted by Crippen LogP contribution is -2.18. The molecule has 6 heteroatoms. The molecule has 0 aromatic heterocycles. The average Bonchev–Trinajstić information content (AvgIpc) is 3.98. The summed E-state index contributed by atoms with van der Waals surface area (Å²) in [6, 6.07) is 31.1. The van der Waals surface area contributed by atoms with Gasteiger partial charge in [0.05, 0.1) is 24.6 Å². The molecule has 0 amide bonds. The Hall–Kier alpha value is -4.26. The summed E-state index contributed by atoms with van der Waals surface area (Å²) in [6.45, 7) is 9.42. The molecule has 0 aliphatic carbocycles. The third kappa shape index (κ3) is 7.78. The summed E-state index contributed by atoms with van der Waals surface area (Å²) in [5.74, 6) is 1.76. The van der Waals surface area contributed by atoms with Gasteiger partial charge in [-0.2, -0.15) is 0 Å². The third-order valence-electron chi connectivity index (χ3n) is 7.89. The van der Waals surface area contributed by atoms with Crippen LogP contribution in [0.4, 0.5) is 11.4 Å². The fraction of sp³-hybridized carbons (Fsp3) is 0.297. The Kier molecular flexibility index (Phi) is 8.68. The number of aryl methyl sites for hydroxylation is 1. The first-order valence-corrected chi connectivity index (χ1v) is 15.0. The molecule has 2 unspecified atom stereocenters. The Morgan fingerprint density at radius 2 is 1.28 bits per heavy atom. The standard InChI is InChI=1S/C37H38N2O4/c1-4-28-18-27(8-17-36(28)43-25-35-24-42-35)21-39-32-15-11-30(12-16-32)37(2,3)29-9-13-31(14-10-29)38-20-26-6-5-7-33(19-26)40-22-34-23-41-34/h5-21,34-35H,4,22-25H2,1-3H3. The maximum atomic E-state index is 5.92. The van der Waals surface area contributed by atoms with Gasteiger partial charge < -0.3 is 18.9 Å². The lowest BCUT2D eigenvalue weighted by molar-refractivity contribution is 0.261. The van der Waals surface area contributed by atoms with E-state index in [1.54, 1.807) is 0 Å². The van der Waals surface area contributed by atoms with Crippen LogP contribution in [0.15, 0.2) is 101 Å². The second kappa shape index (κ2) is 12.9. The van der Waals surface area contributed by atoms with Crippen molar-refractivity contribution in [1.82, 2.24) is 0 Å². The minimum absolute atomic E-state index is 0.168. The van der Waals surface area contributed by atoms with Crippen LogP contribution in [0.5, 0.6) is 11.5 Å². The molecule has 2 aliphatic rings. The van der Waals surface area contributed by atoms with Gasteiger partial charge in [-0.25, -0.2) is 0 Å². The van der Waals surface area contributed by atoms with Crippen LogP contribution >= 0.6 is 0 Å². The molecule has 220 valence electrons. The highest BCUT2D eigenvalue weighted by Gasteiger charge is 2.24. The first-order chi connectivity index (χ1) is 21.0. The highest BCUT2D eigenvalue weighted by Crippen LogP contribution is 2.33. The van der Waals surface area contributed by atoms with Crippen LogP contribution in [0.25, 0.3) is 0 Å². The van der Waals surface area contributed by atoms with Gasteiger partial charge in [0.15, 0.2) is 0 Å². The number of ether oxygens (including phenoxy) is 4. The van der Waals surface area contributed by atoms with E-state index in [2.05, 4.69) is 80.4 Å². The molecule has 2 atom stereocenters. The molecular weight excluding hydrogens is 536 g/mol. The van der Waals surface area contributed by atoms with Crippen LogP contribution in [-0.2, 0) is 21.3 Å². The van der Waals surface area contributed by atoms with Gasteiger partial charge in [0.1, 0.15) is 36.9 Å². The molecule has 6 rings (SSSR count). The van der Waals surface area contributed by atoms with Gasteiger partial charge in [0, 0.05) is 17.8 Å². The Morgan fingerprint density at radius 1 is 0.721 bits per heavy atom. The SMILES string of the molecule is CCc1cc(C=Nc2ccc(C(C)(C)c3ccc(N=Cc4cccc(OCC5CO5)c4)cc3)cc2)ccc1OCC1CO1. The van der Waals surface area contributed by atoms with Crippen molar-refractivity contribution in [2.45, 2.75) is 44.8 Å². The minimum Gasteiger partial charge on any atom is -0.491 e. The number of rotatable bonds is 13. The molecule has 43 heavy (non-hydrogen) atoms. The summed E-state index contributed by atoms with van der Waals surface area (Å²) >= 11 is 0. The van der Waals surface area contributed by atoms with Crippen LogP contribution < -0.4 is 9.47 Å². The van der Waals surface area contributed by atoms with E-state index in [9.17, 15) is 0 Å². The van der Waals surface area contributed by atoms with E-state index in [4.69, 9.17) is 23.9 Å². The Morgan fingerprint density at radius 3 is 1.84 bits per heavy atom. The number of nitrogens with zero attached hydrogens (tertiary/aromatic N) is 2. The van der Waals surface area contributed by atoms with Crippen molar-refractivity contribution in [1.29, 1.82) is 0 Å². The quantitative estimate of drug-likeness (QED) is 0.122. The van der Waals surface area contributed by atoms with E-state index < -0.39 is 0 Å². The van der Waals surface area contributed by atoms with Crippen molar-refractivity contribution in [2.24, 2.45) is 9.98 Å². The highest BCUT2D eigenvalue weighted by molar-refractivity contribution is 5.83. The lowest BCUT2D eigenvalue weighted by atomic mass is 9.78. The van der Waals surface area contributed by atoms with Crippen LogP contribution in [0.2, 0.25) is 0 Å². The zero-order valence-corrected chi connectivity index (χ0v) is 25.0. The number of hydrogen-bond donors (Lipinski definition) is 0. The normalized spacial score (nSPS) is 17.8. The predicted molar refractivity (Wildman–Crippen MR) is 172 cm³/mol. The maximum absolute atomic E-state index is 5.92. The van der Waals surface area contributed by atoms with Crippen molar-refractivity contribution >= 4 is 23.8 Å².